The Kier molecular flexibility index (Phi) is 8.27. The van der Waals surface area contributed by atoms with Gasteiger partial charge in [0.1, 0.15) is 0 Å². The third-order valence-corrected chi connectivity index (χ3v) is 13.1. The quantitative estimate of drug-likeness (QED) is 0.153. The van der Waals surface area contributed by atoms with Gasteiger partial charge < -0.3 is 4.90 Å². The number of hydrogen-bond acceptors (Lipinski definition) is 1. The van der Waals surface area contributed by atoms with E-state index in [1.165, 1.54) is 99.3 Å². The highest BCUT2D eigenvalue weighted by Gasteiger charge is 2.42. The van der Waals surface area contributed by atoms with Gasteiger partial charge >= 0.3 is 0 Å². The van der Waals surface area contributed by atoms with Gasteiger partial charge in [0.2, 0.25) is 0 Å². The van der Waals surface area contributed by atoms with Crippen molar-refractivity contribution in [2.75, 3.05) is 4.90 Å². The molecule has 0 aromatic heterocycles. The summed E-state index contributed by atoms with van der Waals surface area (Å²) >= 11 is 0. The minimum absolute atomic E-state index is 0.103. The molecule has 0 saturated carbocycles. The Morgan fingerprint density at radius 3 is 1.80 bits per heavy atom. The van der Waals surface area contributed by atoms with Gasteiger partial charge in [-0.3, -0.25) is 0 Å². The van der Waals surface area contributed by atoms with E-state index in [4.69, 9.17) is 0 Å². The Labute approximate surface area is 347 Å². The van der Waals surface area contributed by atoms with E-state index in [1.807, 2.05) is 0 Å². The number of fused-ring (bicyclic) bond motifs is 7. The van der Waals surface area contributed by atoms with Gasteiger partial charge in [-0.2, -0.15) is 0 Å². The fraction of sp³-hybridized carbons (Fsp3) is 0.103. The molecule has 0 bridgehead atoms. The highest BCUT2D eigenvalue weighted by Crippen LogP contribution is 2.54. The highest BCUT2D eigenvalue weighted by atomic mass is 15.2. The zero-order valence-electron chi connectivity index (χ0n) is 33.7. The van der Waals surface area contributed by atoms with E-state index in [0.717, 1.165) is 0 Å². The molecule has 2 aliphatic rings. The van der Waals surface area contributed by atoms with Crippen LogP contribution in [-0.4, -0.2) is 6.04 Å². The van der Waals surface area contributed by atoms with Crippen LogP contribution in [0.15, 0.2) is 212 Å². The van der Waals surface area contributed by atoms with Crippen LogP contribution >= 0.6 is 0 Å². The molecule has 9 aromatic rings. The van der Waals surface area contributed by atoms with Crippen LogP contribution in [0.2, 0.25) is 0 Å². The van der Waals surface area contributed by atoms with E-state index < -0.39 is 0 Å². The third-order valence-electron chi connectivity index (χ3n) is 13.1. The Morgan fingerprint density at radius 2 is 1.02 bits per heavy atom. The smallest absolute Gasteiger partial charge is 0.0588 e. The van der Waals surface area contributed by atoms with Crippen molar-refractivity contribution in [3.63, 3.8) is 0 Å². The predicted molar refractivity (Wildman–Crippen MR) is 252 cm³/mol. The lowest BCUT2D eigenvalue weighted by Crippen LogP contribution is -2.37. The minimum atomic E-state index is -0.143. The molecule has 2 aliphatic carbocycles. The molecule has 0 spiro atoms. The van der Waals surface area contributed by atoms with Crippen LogP contribution in [0.3, 0.4) is 0 Å². The molecule has 0 amide bonds. The number of benzene rings is 9. The number of rotatable bonds is 6. The monoisotopic (exact) mass is 755 g/mol. The van der Waals surface area contributed by atoms with Crippen LogP contribution in [0.25, 0.3) is 71.3 Å². The van der Waals surface area contributed by atoms with Crippen LogP contribution in [0.4, 0.5) is 11.4 Å². The Balaban J connectivity index is 1.02. The average molecular weight is 756 g/mol. The Bertz CT molecular complexity index is 3130. The Morgan fingerprint density at radius 1 is 0.407 bits per heavy atom. The molecule has 1 heteroatoms. The number of nitrogens with zero attached hydrogens (tertiary/aromatic N) is 1. The zero-order valence-corrected chi connectivity index (χ0v) is 33.7. The van der Waals surface area contributed by atoms with Gasteiger partial charge in [-0.25, -0.2) is 0 Å². The van der Waals surface area contributed by atoms with Gasteiger partial charge in [0.25, 0.3) is 0 Å². The molecule has 0 saturated heterocycles. The van der Waals surface area contributed by atoms with Crippen molar-refractivity contribution in [1.82, 2.24) is 0 Å². The summed E-state index contributed by atoms with van der Waals surface area (Å²) in [7, 11) is 0. The second-order valence-electron chi connectivity index (χ2n) is 17.0. The molecule has 59 heavy (non-hydrogen) atoms. The maximum absolute atomic E-state index is 2.59. The highest BCUT2D eigenvalue weighted by molar-refractivity contribution is 6.12. The minimum Gasteiger partial charge on any atom is -0.334 e. The van der Waals surface area contributed by atoms with E-state index in [1.54, 1.807) is 0 Å². The summed E-state index contributed by atoms with van der Waals surface area (Å²) in [6.07, 6.45) is 5.14. The van der Waals surface area contributed by atoms with E-state index in [0.29, 0.717) is 0 Å². The van der Waals surface area contributed by atoms with Crippen LogP contribution in [0.5, 0.6) is 0 Å². The molecule has 282 valence electrons. The van der Waals surface area contributed by atoms with E-state index >= 15 is 0 Å². The molecular weight excluding hydrogens is 711 g/mol. The molecule has 2 atom stereocenters. The van der Waals surface area contributed by atoms with Gasteiger partial charge in [-0.1, -0.05) is 191 Å². The van der Waals surface area contributed by atoms with E-state index in [-0.39, 0.29) is 17.4 Å². The van der Waals surface area contributed by atoms with Crippen molar-refractivity contribution in [3.8, 4) is 33.4 Å². The van der Waals surface area contributed by atoms with Crippen LogP contribution in [0.1, 0.15) is 31.9 Å². The molecular formula is C58H45N. The summed E-state index contributed by atoms with van der Waals surface area (Å²) in [4.78, 5) is 2.59. The Hall–Kier alpha value is -6.96. The summed E-state index contributed by atoms with van der Waals surface area (Å²) in [6, 6.07) is 71.8. The largest absolute Gasteiger partial charge is 0.334 e. The molecule has 0 aliphatic heterocycles. The summed E-state index contributed by atoms with van der Waals surface area (Å²) in [5, 5.41) is 7.62. The van der Waals surface area contributed by atoms with Gasteiger partial charge in [-0.05, 0) is 130 Å². The predicted octanol–water partition coefficient (Wildman–Crippen LogP) is 15.6. The molecule has 0 N–H and O–H groups in total. The van der Waals surface area contributed by atoms with Crippen molar-refractivity contribution in [1.29, 1.82) is 0 Å². The first-order valence-electron chi connectivity index (χ1n) is 20.9. The van der Waals surface area contributed by atoms with Crippen molar-refractivity contribution in [2.45, 2.75) is 32.2 Å². The normalized spacial score (nSPS) is 16.7. The topological polar surface area (TPSA) is 3.24 Å². The lowest BCUT2D eigenvalue weighted by atomic mass is 9.77. The molecule has 11 rings (SSSR count). The number of anilines is 2. The van der Waals surface area contributed by atoms with Crippen molar-refractivity contribution >= 4 is 49.3 Å². The van der Waals surface area contributed by atoms with Crippen molar-refractivity contribution in [3.05, 3.63) is 223 Å². The maximum Gasteiger partial charge on any atom is 0.0588 e. The first-order chi connectivity index (χ1) is 28.9. The SMILES string of the molecule is CC1C=C2C(=CC1N(c1ccc(-c3cccc4c3ccc3ccccc34)cc1)c1ccc3cc(-c4ccccc4)ccc3c1)C(C)(C)c1cc(-c3ccccc3)ccc12. The number of hydrogen-bond donors (Lipinski definition) is 0. The standard InChI is InChI=1S/C58H45N/c1-38-33-54-53-32-27-46(40-15-8-5-9-16-40)36-55(53)58(2,3)56(54)37-57(38)59(48-30-25-44-34-43(21-22-45(44)35-48)39-13-6-4-7-14-39)47-28-23-42(24-29-47)50-19-12-20-51-49-18-11-10-17-41(49)26-31-52(50)51/h4-38,57H,1-3H3. The molecule has 0 fully saturated rings. The second kappa shape index (κ2) is 13.9. The number of allylic oxidation sites excluding steroid dienone is 2. The zero-order chi connectivity index (χ0) is 39.7. The molecule has 9 aromatic carbocycles. The fourth-order valence-electron chi connectivity index (χ4n) is 9.98. The third kappa shape index (κ3) is 5.92. The maximum atomic E-state index is 2.59. The lowest BCUT2D eigenvalue weighted by Gasteiger charge is -2.39. The second-order valence-corrected chi connectivity index (χ2v) is 17.0. The van der Waals surface area contributed by atoms with Crippen molar-refractivity contribution < 1.29 is 0 Å². The summed E-state index contributed by atoms with van der Waals surface area (Å²) in [6.45, 7) is 7.21. The first-order valence-corrected chi connectivity index (χ1v) is 20.9. The fourth-order valence-corrected chi connectivity index (χ4v) is 9.98. The van der Waals surface area contributed by atoms with Crippen LogP contribution < -0.4 is 4.90 Å². The van der Waals surface area contributed by atoms with Gasteiger partial charge in [-0.15, -0.1) is 0 Å². The molecule has 1 nitrogen and oxygen atoms in total. The molecule has 0 radical (unpaired) electrons. The van der Waals surface area contributed by atoms with Gasteiger partial charge in [0.05, 0.1) is 6.04 Å². The summed E-state index contributed by atoms with van der Waals surface area (Å²) in [5.41, 5.74) is 15.3. The van der Waals surface area contributed by atoms with Gasteiger partial charge in [0.15, 0.2) is 0 Å². The summed E-state index contributed by atoms with van der Waals surface area (Å²) < 4.78 is 0. The van der Waals surface area contributed by atoms with Gasteiger partial charge in [0, 0.05) is 16.8 Å². The molecule has 0 heterocycles. The first kappa shape index (κ1) is 35.2. The van der Waals surface area contributed by atoms with Crippen molar-refractivity contribution in [2.24, 2.45) is 5.92 Å². The molecule has 2 unspecified atom stereocenters. The summed E-state index contributed by atoms with van der Waals surface area (Å²) in [5.74, 6) is 0.256. The average Bonchev–Trinajstić information content (AvgIpc) is 3.50. The van der Waals surface area contributed by atoms with E-state index in [9.17, 15) is 0 Å². The lowest BCUT2D eigenvalue weighted by molar-refractivity contribution is 0.585. The van der Waals surface area contributed by atoms with E-state index in [2.05, 4.69) is 232 Å². The van der Waals surface area contributed by atoms with Crippen LogP contribution in [-0.2, 0) is 5.41 Å². The van der Waals surface area contributed by atoms with Crippen LogP contribution in [0, 0.1) is 5.92 Å².